The molecular formula is C21H37IN4O2S. The second-order valence-corrected chi connectivity index (χ2v) is 10.1. The van der Waals surface area contributed by atoms with Crippen molar-refractivity contribution in [3.8, 4) is 0 Å². The number of likely N-dealkylation sites (tertiary alicyclic amines) is 1. The van der Waals surface area contributed by atoms with Gasteiger partial charge >= 0.3 is 0 Å². The third-order valence-corrected chi connectivity index (χ3v) is 6.16. The van der Waals surface area contributed by atoms with E-state index in [4.69, 9.17) is 4.99 Å². The molecular weight excluding hydrogens is 499 g/mol. The van der Waals surface area contributed by atoms with Gasteiger partial charge in [-0.05, 0) is 49.3 Å². The van der Waals surface area contributed by atoms with Gasteiger partial charge in [0.1, 0.15) is 0 Å². The summed E-state index contributed by atoms with van der Waals surface area (Å²) in [4.78, 5) is 7.59. The number of halogens is 1. The third kappa shape index (κ3) is 9.65. The molecule has 0 aromatic heterocycles. The summed E-state index contributed by atoms with van der Waals surface area (Å²) in [5.41, 5.74) is 1.10. The van der Waals surface area contributed by atoms with E-state index in [1.54, 1.807) is 12.1 Å². The molecule has 1 saturated heterocycles. The van der Waals surface area contributed by atoms with Crippen LogP contribution in [0.15, 0.2) is 34.2 Å². The van der Waals surface area contributed by atoms with E-state index in [9.17, 15) is 8.42 Å². The number of benzene rings is 1. The molecule has 1 aromatic rings. The number of nitrogens with zero attached hydrogens (tertiary/aromatic N) is 2. The molecule has 2 rings (SSSR count). The number of piperidine rings is 1. The Morgan fingerprint density at radius 1 is 1.14 bits per heavy atom. The van der Waals surface area contributed by atoms with E-state index < -0.39 is 9.84 Å². The number of rotatable bonds is 8. The fourth-order valence-electron chi connectivity index (χ4n) is 3.85. The first-order valence-corrected chi connectivity index (χ1v) is 12.2. The van der Waals surface area contributed by atoms with Crippen molar-refractivity contribution >= 4 is 39.8 Å². The molecule has 1 aliphatic heterocycles. The van der Waals surface area contributed by atoms with Crippen LogP contribution in [-0.4, -0.2) is 64.8 Å². The van der Waals surface area contributed by atoms with Crippen LogP contribution in [-0.2, 0) is 16.3 Å². The quantitative estimate of drug-likeness (QED) is 0.304. The largest absolute Gasteiger partial charge is 0.357 e. The first-order valence-electron chi connectivity index (χ1n) is 10.3. The molecule has 0 amide bonds. The van der Waals surface area contributed by atoms with Crippen LogP contribution in [0.1, 0.15) is 32.8 Å². The summed E-state index contributed by atoms with van der Waals surface area (Å²) >= 11 is 0. The van der Waals surface area contributed by atoms with Gasteiger partial charge in [-0.25, -0.2) is 8.42 Å². The molecule has 29 heavy (non-hydrogen) atoms. The Balaban J connectivity index is 0.00000420. The minimum Gasteiger partial charge on any atom is -0.357 e. The van der Waals surface area contributed by atoms with Gasteiger partial charge in [-0.1, -0.05) is 26.0 Å². The number of nitrogens with one attached hydrogen (secondary N) is 2. The van der Waals surface area contributed by atoms with Crippen molar-refractivity contribution < 1.29 is 8.42 Å². The summed E-state index contributed by atoms with van der Waals surface area (Å²) in [5.74, 6) is 2.38. The Morgan fingerprint density at radius 2 is 1.76 bits per heavy atom. The highest BCUT2D eigenvalue weighted by Crippen LogP contribution is 2.20. The molecule has 0 aliphatic carbocycles. The summed E-state index contributed by atoms with van der Waals surface area (Å²) < 4.78 is 23.1. The Kier molecular flexibility index (Phi) is 11.5. The number of aliphatic imine (C=N–C) groups is 1. The average Bonchev–Trinajstić information content (AvgIpc) is 2.60. The predicted molar refractivity (Wildman–Crippen MR) is 132 cm³/mol. The van der Waals surface area contributed by atoms with Crippen LogP contribution in [0.4, 0.5) is 0 Å². The van der Waals surface area contributed by atoms with Gasteiger partial charge in [0, 0.05) is 39.0 Å². The Labute approximate surface area is 193 Å². The number of hydrogen-bond acceptors (Lipinski definition) is 4. The summed E-state index contributed by atoms with van der Waals surface area (Å²) in [6, 6.07) is 7.09. The smallest absolute Gasteiger partial charge is 0.191 e. The van der Waals surface area contributed by atoms with E-state index >= 15 is 0 Å². The monoisotopic (exact) mass is 536 g/mol. The number of sulfone groups is 1. The van der Waals surface area contributed by atoms with Crippen LogP contribution in [0.3, 0.4) is 0 Å². The molecule has 1 aromatic carbocycles. The molecule has 2 atom stereocenters. The molecule has 2 N–H and O–H groups in total. The molecule has 0 bridgehead atoms. The van der Waals surface area contributed by atoms with Crippen LogP contribution >= 0.6 is 24.0 Å². The van der Waals surface area contributed by atoms with Crippen LogP contribution in [0.2, 0.25) is 0 Å². The number of hydrogen-bond donors (Lipinski definition) is 2. The molecule has 0 saturated carbocycles. The van der Waals surface area contributed by atoms with Gasteiger partial charge in [0.05, 0.1) is 11.4 Å². The zero-order valence-corrected chi connectivity index (χ0v) is 21.3. The Bertz CT molecular complexity index is 728. The van der Waals surface area contributed by atoms with Gasteiger partial charge < -0.3 is 15.5 Å². The molecule has 2 unspecified atom stereocenters. The predicted octanol–water partition coefficient (Wildman–Crippen LogP) is 2.78. The molecule has 1 heterocycles. The van der Waals surface area contributed by atoms with Gasteiger partial charge in [-0.15, -0.1) is 24.0 Å². The summed E-state index contributed by atoms with van der Waals surface area (Å²) in [6.45, 7) is 12.4. The second kappa shape index (κ2) is 12.7. The molecule has 0 spiro atoms. The zero-order valence-electron chi connectivity index (χ0n) is 18.1. The lowest BCUT2D eigenvalue weighted by molar-refractivity contribution is 0.145. The van der Waals surface area contributed by atoms with Gasteiger partial charge in [0.25, 0.3) is 0 Å². The maximum atomic E-state index is 11.5. The maximum Gasteiger partial charge on any atom is 0.191 e. The first-order chi connectivity index (χ1) is 13.3. The summed E-state index contributed by atoms with van der Waals surface area (Å²) in [5, 5.41) is 6.67. The lowest BCUT2D eigenvalue weighted by Gasteiger charge is -2.34. The van der Waals surface area contributed by atoms with Gasteiger partial charge in [0.15, 0.2) is 15.8 Å². The van der Waals surface area contributed by atoms with Gasteiger partial charge in [0.2, 0.25) is 0 Å². The highest BCUT2D eigenvalue weighted by atomic mass is 127. The highest BCUT2D eigenvalue weighted by molar-refractivity contribution is 14.0. The molecule has 8 heteroatoms. The van der Waals surface area contributed by atoms with Crippen LogP contribution in [0.5, 0.6) is 0 Å². The topological polar surface area (TPSA) is 73.8 Å². The standard InChI is InChI=1S/C21H36N4O2S.HI/c1-5-22-21(24-12-13-25-15-17(2)14-18(3)16-25)23-11-10-19-6-8-20(9-7-19)28(4,26)27;/h6-9,17-18H,5,10-16H2,1-4H3,(H2,22,23,24);1H. The third-order valence-electron chi connectivity index (χ3n) is 5.03. The fraction of sp³-hybridized carbons (Fsp3) is 0.667. The van der Waals surface area contributed by atoms with E-state index in [2.05, 4.69) is 36.3 Å². The van der Waals surface area contributed by atoms with Crippen molar-refractivity contribution in [2.24, 2.45) is 16.8 Å². The van der Waals surface area contributed by atoms with E-state index in [-0.39, 0.29) is 24.0 Å². The molecule has 1 fully saturated rings. The van der Waals surface area contributed by atoms with Crippen LogP contribution < -0.4 is 10.6 Å². The minimum atomic E-state index is -3.14. The molecule has 0 radical (unpaired) electrons. The molecule has 166 valence electrons. The van der Waals surface area contributed by atoms with Gasteiger partial charge in [-0.2, -0.15) is 0 Å². The number of guanidine groups is 1. The summed E-state index contributed by atoms with van der Waals surface area (Å²) in [6.07, 6.45) is 3.37. The van der Waals surface area contributed by atoms with E-state index in [1.807, 2.05) is 12.1 Å². The average molecular weight is 537 g/mol. The summed E-state index contributed by atoms with van der Waals surface area (Å²) in [7, 11) is -3.14. The lowest BCUT2D eigenvalue weighted by Crippen LogP contribution is -2.41. The van der Waals surface area contributed by atoms with Crippen molar-refractivity contribution in [3.05, 3.63) is 29.8 Å². The Hall–Kier alpha value is -0.870. The van der Waals surface area contributed by atoms with Crippen molar-refractivity contribution in [1.82, 2.24) is 15.5 Å². The SMILES string of the molecule is CCNC(=NCCN1CC(C)CC(C)C1)NCCc1ccc(S(C)(=O)=O)cc1.I. The van der Waals surface area contributed by atoms with Crippen LogP contribution in [0.25, 0.3) is 0 Å². The molecule has 1 aliphatic rings. The second-order valence-electron chi connectivity index (χ2n) is 8.06. The van der Waals surface area contributed by atoms with E-state index in [0.29, 0.717) is 4.90 Å². The maximum absolute atomic E-state index is 11.5. The lowest BCUT2D eigenvalue weighted by atomic mass is 9.92. The van der Waals surface area contributed by atoms with E-state index in [1.165, 1.54) is 25.8 Å². The Morgan fingerprint density at radius 3 is 2.31 bits per heavy atom. The zero-order chi connectivity index (χ0) is 20.6. The fourth-order valence-corrected chi connectivity index (χ4v) is 4.48. The van der Waals surface area contributed by atoms with Crippen molar-refractivity contribution in [2.75, 3.05) is 45.5 Å². The molecule has 6 nitrogen and oxygen atoms in total. The van der Waals surface area contributed by atoms with Gasteiger partial charge in [-0.3, -0.25) is 4.99 Å². The van der Waals surface area contributed by atoms with Crippen molar-refractivity contribution in [2.45, 2.75) is 38.5 Å². The minimum absolute atomic E-state index is 0. The van der Waals surface area contributed by atoms with Crippen LogP contribution in [0, 0.1) is 11.8 Å². The van der Waals surface area contributed by atoms with E-state index in [0.717, 1.165) is 56.0 Å². The normalized spacial score (nSPS) is 20.8. The highest BCUT2D eigenvalue weighted by Gasteiger charge is 2.21. The van der Waals surface area contributed by atoms with Crippen molar-refractivity contribution in [3.63, 3.8) is 0 Å². The van der Waals surface area contributed by atoms with Crippen molar-refractivity contribution in [1.29, 1.82) is 0 Å². The first kappa shape index (κ1) is 26.2.